The van der Waals surface area contributed by atoms with Crippen LogP contribution in [-0.4, -0.2) is 16.7 Å². The highest BCUT2D eigenvalue weighted by Gasteiger charge is 2.37. The molecule has 0 aliphatic heterocycles. The number of carboxylic acids is 1. The average Bonchev–Trinajstić information content (AvgIpc) is 1.89. The van der Waals surface area contributed by atoms with Gasteiger partial charge in [-0.1, -0.05) is 12.2 Å². The molecule has 0 aromatic rings. The molecular formula is C7H9FO2. The van der Waals surface area contributed by atoms with Gasteiger partial charge in [-0.25, -0.2) is 9.18 Å². The Bertz CT molecular complexity index is 176. The van der Waals surface area contributed by atoms with Crippen LogP contribution in [0.4, 0.5) is 4.39 Å². The van der Waals surface area contributed by atoms with Gasteiger partial charge in [0.05, 0.1) is 0 Å². The third kappa shape index (κ3) is 1.17. The van der Waals surface area contributed by atoms with Crippen molar-refractivity contribution >= 4 is 5.97 Å². The minimum Gasteiger partial charge on any atom is -0.479 e. The molecular weight excluding hydrogens is 135 g/mol. The maximum Gasteiger partial charge on any atom is 0.341 e. The van der Waals surface area contributed by atoms with Gasteiger partial charge in [0.15, 0.2) is 0 Å². The van der Waals surface area contributed by atoms with Gasteiger partial charge < -0.3 is 5.11 Å². The summed E-state index contributed by atoms with van der Waals surface area (Å²) in [6, 6.07) is 0. The molecule has 0 aromatic carbocycles. The first-order valence-electron chi connectivity index (χ1n) is 3.22. The highest BCUT2D eigenvalue weighted by molar-refractivity contribution is 5.77. The second kappa shape index (κ2) is 2.40. The van der Waals surface area contributed by atoms with Crippen LogP contribution in [0.1, 0.15) is 19.3 Å². The summed E-state index contributed by atoms with van der Waals surface area (Å²) in [5.41, 5.74) is -1.99. The zero-order chi connectivity index (χ0) is 7.61. The topological polar surface area (TPSA) is 37.3 Å². The van der Waals surface area contributed by atoms with Crippen LogP contribution >= 0.6 is 0 Å². The summed E-state index contributed by atoms with van der Waals surface area (Å²) < 4.78 is 13.0. The fourth-order valence-electron chi connectivity index (χ4n) is 0.996. The van der Waals surface area contributed by atoms with Crippen LogP contribution in [0.15, 0.2) is 12.2 Å². The van der Waals surface area contributed by atoms with E-state index in [4.69, 9.17) is 5.11 Å². The lowest BCUT2D eigenvalue weighted by Crippen LogP contribution is -2.34. The molecule has 0 radical (unpaired) electrons. The standard InChI is InChI=1S/C7H9FO2/c8-7(6(9)10)4-2-1-3-5-7/h1-2H,3-5H2,(H,9,10). The molecule has 1 unspecified atom stereocenters. The van der Waals surface area contributed by atoms with Crippen molar-refractivity contribution in [3.8, 4) is 0 Å². The number of hydrogen-bond donors (Lipinski definition) is 1. The fourth-order valence-corrected chi connectivity index (χ4v) is 0.996. The lowest BCUT2D eigenvalue weighted by molar-refractivity contribution is -0.151. The Balaban J connectivity index is 2.68. The molecule has 0 fully saturated rings. The molecule has 56 valence electrons. The third-order valence-corrected chi connectivity index (χ3v) is 1.70. The van der Waals surface area contributed by atoms with Crippen LogP contribution in [0.3, 0.4) is 0 Å². The number of aliphatic carboxylic acids is 1. The predicted molar refractivity (Wildman–Crippen MR) is 34.5 cm³/mol. The lowest BCUT2D eigenvalue weighted by Gasteiger charge is -2.20. The predicted octanol–water partition coefficient (Wildman–Crippen LogP) is 1.52. The largest absolute Gasteiger partial charge is 0.479 e. The van der Waals surface area contributed by atoms with Crippen molar-refractivity contribution in [2.24, 2.45) is 0 Å². The van der Waals surface area contributed by atoms with E-state index in [0.717, 1.165) is 0 Å². The number of halogens is 1. The number of carbonyl (C=O) groups is 1. The summed E-state index contributed by atoms with van der Waals surface area (Å²) in [5, 5.41) is 8.39. The van der Waals surface area contributed by atoms with Crippen molar-refractivity contribution in [2.75, 3.05) is 0 Å². The van der Waals surface area contributed by atoms with Gasteiger partial charge in [0.25, 0.3) is 0 Å². The average molecular weight is 144 g/mol. The van der Waals surface area contributed by atoms with E-state index in [0.29, 0.717) is 6.42 Å². The second-order valence-corrected chi connectivity index (χ2v) is 2.48. The van der Waals surface area contributed by atoms with Crippen molar-refractivity contribution in [3.05, 3.63) is 12.2 Å². The van der Waals surface area contributed by atoms with Gasteiger partial charge in [0.2, 0.25) is 5.67 Å². The van der Waals surface area contributed by atoms with E-state index in [-0.39, 0.29) is 12.8 Å². The van der Waals surface area contributed by atoms with E-state index in [1.54, 1.807) is 12.2 Å². The summed E-state index contributed by atoms with van der Waals surface area (Å²) in [7, 11) is 0. The summed E-state index contributed by atoms with van der Waals surface area (Å²) in [5.74, 6) is -1.34. The third-order valence-electron chi connectivity index (χ3n) is 1.70. The maximum absolute atomic E-state index is 13.0. The van der Waals surface area contributed by atoms with Gasteiger partial charge in [-0.15, -0.1) is 0 Å². The monoisotopic (exact) mass is 144 g/mol. The highest BCUT2D eigenvalue weighted by Crippen LogP contribution is 2.27. The highest BCUT2D eigenvalue weighted by atomic mass is 19.1. The Morgan fingerprint density at radius 3 is 2.60 bits per heavy atom. The summed E-state index contributed by atoms with van der Waals surface area (Å²) in [6.45, 7) is 0. The van der Waals surface area contributed by atoms with E-state index < -0.39 is 11.6 Å². The molecule has 0 spiro atoms. The maximum atomic E-state index is 13.0. The first-order valence-corrected chi connectivity index (χ1v) is 3.22. The minimum atomic E-state index is -1.99. The van der Waals surface area contributed by atoms with Crippen LogP contribution < -0.4 is 0 Å². The Hall–Kier alpha value is -0.860. The van der Waals surface area contributed by atoms with Crippen molar-refractivity contribution in [2.45, 2.75) is 24.9 Å². The van der Waals surface area contributed by atoms with Gasteiger partial charge >= 0.3 is 5.97 Å². The fraction of sp³-hybridized carbons (Fsp3) is 0.571. The number of carboxylic acid groups (broad SMARTS) is 1. The summed E-state index contributed by atoms with van der Waals surface area (Å²) in [4.78, 5) is 10.3. The van der Waals surface area contributed by atoms with Crippen molar-refractivity contribution in [1.29, 1.82) is 0 Å². The van der Waals surface area contributed by atoms with Crippen LogP contribution in [0, 0.1) is 0 Å². The second-order valence-electron chi connectivity index (χ2n) is 2.48. The Labute approximate surface area is 58.4 Å². The Kier molecular flexibility index (Phi) is 1.74. The minimum absolute atomic E-state index is 0.0162. The SMILES string of the molecule is O=C(O)C1(F)CC=CCC1. The van der Waals surface area contributed by atoms with E-state index in [9.17, 15) is 9.18 Å². The summed E-state index contributed by atoms with van der Waals surface area (Å²) >= 11 is 0. The number of hydrogen-bond acceptors (Lipinski definition) is 1. The van der Waals surface area contributed by atoms with Crippen molar-refractivity contribution in [1.82, 2.24) is 0 Å². The molecule has 0 bridgehead atoms. The zero-order valence-electron chi connectivity index (χ0n) is 5.51. The molecule has 1 aliphatic rings. The zero-order valence-corrected chi connectivity index (χ0v) is 5.51. The van der Waals surface area contributed by atoms with Crippen LogP contribution in [0.5, 0.6) is 0 Å². The molecule has 3 heteroatoms. The van der Waals surface area contributed by atoms with Gasteiger partial charge in [-0.3, -0.25) is 0 Å². The number of alkyl halides is 1. The molecule has 0 aromatic heterocycles. The molecule has 1 atom stereocenters. The molecule has 10 heavy (non-hydrogen) atoms. The molecule has 0 heterocycles. The Morgan fingerprint density at radius 2 is 2.30 bits per heavy atom. The van der Waals surface area contributed by atoms with E-state index in [1.807, 2.05) is 0 Å². The molecule has 0 saturated heterocycles. The first-order chi connectivity index (χ1) is 4.65. The van der Waals surface area contributed by atoms with Crippen molar-refractivity contribution in [3.63, 3.8) is 0 Å². The van der Waals surface area contributed by atoms with E-state index in [2.05, 4.69) is 0 Å². The van der Waals surface area contributed by atoms with E-state index in [1.165, 1.54) is 0 Å². The number of rotatable bonds is 1. The molecule has 1 rings (SSSR count). The first kappa shape index (κ1) is 7.25. The lowest BCUT2D eigenvalue weighted by atomic mass is 9.91. The van der Waals surface area contributed by atoms with Gasteiger partial charge in [-0.05, 0) is 12.8 Å². The molecule has 1 N–H and O–H groups in total. The quantitative estimate of drug-likeness (QED) is 0.566. The van der Waals surface area contributed by atoms with Crippen LogP contribution in [-0.2, 0) is 4.79 Å². The van der Waals surface area contributed by atoms with Crippen LogP contribution in [0.25, 0.3) is 0 Å². The van der Waals surface area contributed by atoms with Crippen molar-refractivity contribution < 1.29 is 14.3 Å². The molecule has 2 nitrogen and oxygen atoms in total. The normalized spacial score (nSPS) is 32.1. The molecule has 0 amide bonds. The van der Waals surface area contributed by atoms with E-state index >= 15 is 0 Å². The number of allylic oxidation sites excluding steroid dienone is 2. The smallest absolute Gasteiger partial charge is 0.341 e. The molecule has 0 saturated carbocycles. The summed E-state index contributed by atoms with van der Waals surface area (Å²) in [6.07, 6.45) is 4.04. The van der Waals surface area contributed by atoms with Crippen LogP contribution in [0.2, 0.25) is 0 Å². The molecule has 1 aliphatic carbocycles. The van der Waals surface area contributed by atoms with Gasteiger partial charge in [0.1, 0.15) is 0 Å². The van der Waals surface area contributed by atoms with Gasteiger partial charge in [0, 0.05) is 6.42 Å². The van der Waals surface area contributed by atoms with Gasteiger partial charge in [-0.2, -0.15) is 0 Å². The Morgan fingerprint density at radius 1 is 1.60 bits per heavy atom.